The van der Waals surface area contributed by atoms with Crippen LogP contribution in [0.5, 0.6) is 0 Å². The van der Waals surface area contributed by atoms with Gasteiger partial charge in [-0.15, -0.1) is 0 Å². The summed E-state index contributed by atoms with van der Waals surface area (Å²) >= 11 is 0. The summed E-state index contributed by atoms with van der Waals surface area (Å²) in [6.07, 6.45) is 9.92. The quantitative estimate of drug-likeness (QED) is 0.825. The van der Waals surface area contributed by atoms with Crippen LogP contribution in [-0.4, -0.2) is 28.8 Å². The number of fused-ring (bicyclic) bond motifs is 1. The first-order chi connectivity index (χ1) is 13.6. The van der Waals surface area contributed by atoms with Crippen molar-refractivity contribution in [3.63, 3.8) is 0 Å². The molecule has 150 valence electrons. The van der Waals surface area contributed by atoms with Crippen LogP contribution in [0.1, 0.15) is 69.8 Å². The molecule has 3 aliphatic rings. The molecule has 0 saturated heterocycles. The summed E-state index contributed by atoms with van der Waals surface area (Å²) in [6.45, 7) is 0.473. The standard InChI is InChI=1S/C23H29FN2O2/c24-17-12-10-16(11-13-17)15-26-21-9-5-4-8-19(21)20(23(26)28)14-22(27)25-18-6-2-1-3-7-18/h10-13,18,21H,1-9,14-15H2,(H,25,27). The van der Waals surface area contributed by atoms with Gasteiger partial charge in [0.25, 0.3) is 5.91 Å². The van der Waals surface area contributed by atoms with E-state index < -0.39 is 0 Å². The Labute approximate surface area is 166 Å². The molecule has 0 radical (unpaired) electrons. The fourth-order valence-electron chi connectivity index (χ4n) is 4.99. The number of hydrogen-bond donors (Lipinski definition) is 1. The highest BCUT2D eigenvalue weighted by atomic mass is 19.1. The van der Waals surface area contributed by atoms with Crippen LogP contribution in [0, 0.1) is 5.82 Å². The highest BCUT2D eigenvalue weighted by molar-refractivity contribution is 6.02. The Morgan fingerprint density at radius 2 is 1.75 bits per heavy atom. The third-order valence-electron chi connectivity index (χ3n) is 6.43. The molecule has 2 fully saturated rings. The SMILES string of the molecule is O=C(CC1=C2CCCCC2N(Cc2ccc(F)cc2)C1=O)NC1CCCCC1. The second-order valence-corrected chi connectivity index (χ2v) is 8.40. The molecule has 1 aromatic rings. The smallest absolute Gasteiger partial charge is 0.251 e. The van der Waals surface area contributed by atoms with Gasteiger partial charge in [0.05, 0.1) is 12.5 Å². The maximum atomic E-state index is 13.2. The Bertz CT molecular complexity index is 765. The second kappa shape index (κ2) is 8.46. The van der Waals surface area contributed by atoms with E-state index in [2.05, 4.69) is 5.32 Å². The van der Waals surface area contributed by atoms with Gasteiger partial charge in [-0.3, -0.25) is 9.59 Å². The lowest BCUT2D eigenvalue weighted by Gasteiger charge is -2.30. The molecule has 2 saturated carbocycles. The van der Waals surface area contributed by atoms with Crippen LogP contribution in [0.2, 0.25) is 0 Å². The van der Waals surface area contributed by atoms with Gasteiger partial charge in [0.15, 0.2) is 0 Å². The van der Waals surface area contributed by atoms with Crippen molar-refractivity contribution in [2.45, 2.75) is 82.8 Å². The van der Waals surface area contributed by atoms with E-state index in [0.29, 0.717) is 12.1 Å². The van der Waals surface area contributed by atoms with Crippen LogP contribution in [0.15, 0.2) is 35.4 Å². The largest absolute Gasteiger partial charge is 0.353 e. The van der Waals surface area contributed by atoms with Gasteiger partial charge in [0.2, 0.25) is 5.91 Å². The van der Waals surface area contributed by atoms with E-state index in [9.17, 15) is 14.0 Å². The Kier molecular flexibility index (Phi) is 5.79. The van der Waals surface area contributed by atoms with Crippen LogP contribution < -0.4 is 5.32 Å². The maximum absolute atomic E-state index is 13.2. The first kappa shape index (κ1) is 19.2. The molecule has 4 rings (SSSR count). The Morgan fingerprint density at radius 3 is 2.50 bits per heavy atom. The predicted molar refractivity (Wildman–Crippen MR) is 106 cm³/mol. The van der Waals surface area contributed by atoms with Gasteiger partial charge in [-0.25, -0.2) is 4.39 Å². The highest BCUT2D eigenvalue weighted by Crippen LogP contribution is 2.38. The Hall–Kier alpha value is -2.17. The molecule has 5 heteroatoms. The predicted octanol–water partition coefficient (Wildman–Crippen LogP) is 4.25. The minimum Gasteiger partial charge on any atom is -0.353 e. The molecule has 2 amide bonds. The minimum atomic E-state index is -0.270. The van der Waals surface area contributed by atoms with Crippen molar-refractivity contribution >= 4 is 11.8 Å². The number of nitrogens with zero attached hydrogens (tertiary/aromatic N) is 1. The van der Waals surface area contributed by atoms with Crippen molar-refractivity contribution < 1.29 is 14.0 Å². The Balaban J connectivity index is 1.46. The molecule has 4 nitrogen and oxygen atoms in total. The fourth-order valence-corrected chi connectivity index (χ4v) is 4.99. The van der Waals surface area contributed by atoms with E-state index in [4.69, 9.17) is 0 Å². The highest BCUT2D eigenvalue weighted by Gasteiger charge is 2.40. The summed E-state index contributed by atoms with van der Waals surface area (Å²) in [4.78, 5) is 27.7. The first-order valence-electron chi connectivity index (χ1n) is 10.7. The molecule has 1 aliphatic heterocycles. The summed E-state index contributed by atoms with van der Waals surface area (Å²) in [5.74, 6) is -0.297. The molecule has 1 unspecified atom stereocenters. The number of benzene rings is 1. The van der Waals surface area contributed by atoms with Crippen molar-refractivity contribution in [1.29, 1.82) is 0 Å². The summed E-state index contributed by atoms with van der Waals surface area (Å²) in [5, 5.41) is 3.15. The van der Waals surface area contributed by atoms with Crippen LogP contribution in [-0.2, 0) is 16.1 Å². The molecule has 2 aliphatic carbocycles. The van der Waals surface area contributed by atoms with Gasteiger partial charge in [0, 0.05) is 18.2 Å². The first-order valence-corrected chi connectivity index (χ1v) is 10.7. The molecule has 1 N–H and O–H groups in total. The number of hydrogen-bond acceptors (Lipinski definition) is 2. The van der Waals surface area contributed by atoms with Gasteiger partial charge in [-0.05, 0) is 55.4 Å². The number of carbonyl (C=O) groups is 2. The van der Waals surface area contributed by atoms with Gasteiger partial charge in [0.1, 0.15) is 5.82 Å². The lowest BCUT2D eigenvalue weighted by Crippen LogP contribution is -2.38. The fraction of sp³-hybridized carbons (Fsp3) is 0.565. The van der Waals surface area contributed by atoms with Crippen LogP contribution in [0.4, 0.5) is 4.39 Å². The molecular weight excluding hydrogens is 355 g/mol. The summed E-state index contributed by atoms with van der Waals surface area (Å²) in [5.41, 5.74) is 2.80. The minimum absolute atomic E-state index is 0.00924. The summed E-state index contributed by atoms with van der Waals surface area (Å²) in [6, 6.07) is 6.70. The lowest BCUT2D eigenvalue weighted by molar-refractivity contribution is -0.129. The normalized spacial score (nSPS) is 23.1. The van der Waals surface area contributed by atoms with Crippen molar-refractivity contribution in [2.24, 2.45) is 0 Å². The summed E-state index contributed by atoms with van der Waals surface area (Å²) in [7, 11) is 0. The zero-order valence-corrected chi connectivity index (χ0v) is 16.4. The maximum Gasteiger partial charge on any atom is 0.251 e. The van der Waals surface area contributed by atoms with Gasteiger partial charge >= 0.3 is 0 Å². The molecule has 0 bridgehead atoms. The van der Waals surface area contributed by atoms with E-state index >= 15 is 0 Å². The average Bonchev–Trinajstić information content (AvgIpc) is 2.96. The van der Waals surface area contributed by atoms with Gasteiger partial charge < -0.3 is 10.2 Å². The number of nitrogens with one attached hydrogen (secondary N) is 1. The third-order valence-corrected chi connectivity index (χ3v) is 6.43. The molecule has 1 heterocycles. The number of rotatable bonds is 5. The van der Waals surface area contributed by atoms with Crippen molar-refractivity contribution in [3.05, 3.63) is 46.8 Å². The van der Waals surface area contributed by atoms with Crippen LogP contribution in [0.25, 0.3) is 0 Å². The molecular formula is C23H29FN2O2. The second-order valence-electron chi connectivity index (χ2n) is 8.40. The summed E-state index contributed by atoms with van der Waals surface area (Å²) < 4.78 is 13.2. The van der Waals surface area contributed by atoms with Crippen LogP contribution >= 0.6 is 0 Å². The van der Waals surface area contributed by atoms with E-state index in [-0.39, 0.29) is 36.1 Å². The number of halogens is 1. The van der Waals surface area contributed by atoms with Crippen molar-refractivity contribution in [3.8, 4) is 0 Å². The molecule has 0 aromatic heterocycles. The van der Waals surface area contributed by atoms with E-state index in [1.807, 2.05) is 4.90 Å². The van der Waals surface area contributed by atoms with Crippen molar-refractivity contribution in [1.82, 2.24) is 10.2 Å². The number of carbonyl (C=O) groups excluding carboxylic acids is 2. The van der Waals surface area contributed by atoms with Crippen LogP contribution in [0.3, 0.4) is 0 Å². The van der Waals surface area contributed by atoms with Crippen molar-refractivity contribution in [2.75, 3.05) is 0 Å². The van der Waals surface area contributed by atoms with E-state index in [0.717, 1.165) is 49.7 Å². The Morgan fingerprint density at radius 1 is 1.04 bits per heavy atom. The average molecular weight is 384 g/mol. The van der Waals surface area contributed by atoms with Gasteiger partial charge in [-0.2, -0.15) is 0 Å². The zero-order chi connectivity index (χ0) is 19.5. The lowest BCUT2D eigenvalue weighted by atomic mass is 9.88. The monoisotopic (exact) mass is 384 g/mol. The number of amides is 2. The topological polar surface area (TPSA) is 49.4 Å². The van der Waals surface area contributed by atoms with Gasteiger partial charge in [-0.1, -0.05) is 37.8 Å². The zero-order valence-electron chi connectivity index (χ0n) is 16.4. The molecule has 1 aromatic carbocycles. The van der Waals surface area contributed by atoms with E-state index in [1.165, 1.54) is 31.4 Å². The molecule has 1 atom stereocenters. The molecule has 28 heavy (non-hydrogen) atoms. The third kappa shape index (κ3) is 4.13. The molecule has 0 spiro atoms. The van der Waals surface area contributed by atoms with E-state index in [1.54, 1.807) is 12.1 Å².